The summed E-state index contributed by atoms with van der Waals surface area (Å²) < 4.78 is 148. The summed E-state index contributed by atoms with van der Waals surface area (Å²) in [5.74, 6) is -10.6. The summed E-state index contributed by atoms with van der Waals surface area (Å²) in [5, 5.41) is 7.71. The van der Waals surface area contributed by atoms with Crippen LogP contribution in [0.15, 0.2) is 56.7 Å². The van der Waals surface area contributed by atoms with Crippen LogP contribution in [0.2, 0.25) is 0 Å². The summed E-state index contributed by atoms with van der Waals surface area (Å²) in [5.41, 5.74) is -0.292. The second-order valence-corrected chi connectivity index (χ2v) is 20.1. The molecule has 3 aromatic heterocycles. The van der Waals surface area contributed by atoms with Gasteiger partial charge in [0.1, 0.15) is 51.1 Å². The van der Waals surface area contributed by atoms with Crippen molar-refractivity contribution >= 4 is 59.9 Å². The minimum atomic E-state index is -4.00. The van der Waals surface area contributed by atoms with Crippen LogP contribution in [0.5, 0.6) is 5.88 Å². The smallest absolute Gasteiger partial charge is 0.293 e. The fourth-order valence-corrected chi connectivity index (χ4v) is 9.87. The molecule has 8 rings (SSSR count). The lowest BCUT2D eigenvalue weighted by Crippen LogP contribution is -2.43. The number of pyridine rings is 1. The Hall–Kier alpha value is -5.33. The standard InChI is InChI=1S/C38H36ClF6N9O7S2/c1-52-31-25(7-6-23(39)29(31)35(50-52)51-63(3,59)60)54-36(48-34-20(37(54)56)5-8-27(47-34)61-9-4-10-62(2,57)58)24(13-17-11-18(40)14-19(41)12-17)46-26(55)16-53-32-28(30(49-53)33(42)43)21-15-22(21)38(32,44)45/h5-8,11-12,14,21-22,24,29,31,33H,4,9-10,13,15-16H2,1-3H3,(H,46,55)(H,50,51)/t21-,22+,24-,29?,31?/m0/s1. The Labute approximate surface area is 359 Å². The monoisotopic (exact) mass is 943 g/mol. The number of likely N-dealkylation sites (N-methyl/N-ethyl adjacent to an activating group) is 1. The number of hydrogen-bond donors (Lipinski definition) is 2. The van der Waals surface area contributed by atoms with Gasteiger partial charge in [-0.2, -0.15) is 18.9 Å². The molecule has 1 saturated carbocycles. The van der Waals surface area contributed by atoms with E-state index in [1.54, 1.807) is 0 Å². The summed E-state index contributed by atoms with van der Waals surface area (Å²) in [6.45, 7) is -1.13. The van der Waals surface area contributed by atoms with Crippen molar-refractivity contribution < 1.29 is 52.7 Å². The predicted molar refractivity (Wildman–Crippen MR) is 215 cm³/mol. The lowest BCUT2D eigenvalue weighted by atomic mass is 9.91. The molecule has 0 bridgehead atoms. The summed E-state index contributed by atoms with van der Waals surface area (Å²) >= 11 is 6.64. The third kappa shape index (κ3) is 8.68. The number of amidine groups is 1. The number of fused-ring (bicyclic) bond motifs is 5. The van der Waals surface area contributed by atoms with Gasteiger partial charge in [-0.15, -0.1) is 4.40 Å². The molecule has 0 spiro atoms. The van der Waals surface area contributed by atoms with Gasteiger partial charge in [0, 0.05) is 54.1 Å². The zero-order valence-electron chi connectivity index (χ0n) is 33.2. The van der Waals surface area contributed by atoms with Crippen LogP contribution in [-0.4, -0.2) is 95.9 Å². The van der Waals surface area contributed by atoms with E-state index in [2.05, 4.69) is 30.2 Å². The number of sulfone groups is 1. The van der Waals surface area contributed by atoms with E-state index in [9.17, 15) is 44.0 Å². The first-order valence-electron chi connectivity index (χ1n) is 19.1. The molecule has 4 heterocycles. The number of allylic oxidation sites excluding steroid dienone is 2. The van der Waals surface area contributed by atoms with E-state index >= 15 is 8.78 Å². The maximum atomic E-state index is 15.5. The number of nitrogens with zero attached hydrogens (tertiary/aromatic N) is 7. The van der Waals surface area contributed by atoms with Gasteiger partial charge >= 0.3 is 0 Å². The van der Waals surface area contributed by atoms with Crippen LogP contribution < -0.4 is 21.0 Å². The molecule has 63 heavy (non-hydrogen) atoms. The highest BCUT2D eigenvalue weighted by atomic mass is 35.5. The molecule has 2 N–H and O–H groups in total. The highest BCUT2D eigenvalue weighted by Gasteiger charge is 2.67. The molecule has 2 fully saturated rings. The second-order valence-electron chi connectivity index (χ2n) is 15.7. The number of nitrogens with one attached hydrogen (secondary N) is 2. The van der Waals surface area contributed by atoms with Gasteiger partial charge in [0.05, 0.1) is 42.0 Å². The molecule has 1 aromatic carbocycles. The lowest BCUT2D eigenvalue weighted by Gasteiger charge is -2.31. The number of sulfonamides is 1. The van der Waals surface area contributed by atoms with Crippen molar-refractivity contribution in [2.45, 2.75) is 56.2 Å². The van der Waals surface area contributed by atoms with E-state index < -0.39 is 110 Å². The Balaban J connectivity index is 1.27. The molecule has 5 atom stereocenters. The molecule has 4 aliphatic rings. The minimum absolute atomic E-state index is 0.0269. The average Bonchev–Trinajstić information content (AvgIpc) is 3.71. The number of halogens is 7. The molecule has 4 aromatic rings. The zero-order valence-corrected chi connectivity index (χ0v) is 35.6. The topological polar surface area (TPSA) is 200 Å². The molecular weight excluding hydrogens is 908 g/mol. The summed E-state index contributed by atoms with van der Waals surface area (Å²) in [6.07, 6.45) is 1.02. The number of ether oxygens (including phenoxy) is 1. The van der Waals surface area contributed by atoms with Crippen LogP contribution in [0.25, 0.3) is 16.7 Å². The molecule has 336 valence electrons. The van der Waals surface area contributed by atoms with Crippen molar-refractivity contribution in [3.8, 4) is 5.88 Å². The van der Waals surface area contributed by atoms with Gasteiger partial charge < -0.3 is 15.5 Å². The van der Waals surface area contributed by atoms with Gasteiger partial charge in [-0.05, 0) is 54.7 Å². The number of alkyl halides is 4. The number of carbonyl (C=O) groups is 1. The van der Waals surface area contributed by atoms with Gasteiger partial charge in [-0.3, -0.25) is 18.8 Å². The van der Waals surface area contributed by atoms with Crippen LogP contribution in [0.4, 0.5) is 26.3 Å². The van der Waals surface area contributed by atoms with Crippen molar-refractivity contribution in [3.05, 3.63) is 97.8 Å². The third-order valence-corrected chi connectivity index (χ3v) is 12.9. The first-order valence-corrected chi connectivity index (χ1v) is 23.4. The minimum Gasteiger partial charge on any atom is -0.478 e. The molecular formula is C38H36ClF6N9O7S2. The maximum absolute atomic E-state index is 15.5. The largest absolute Gasteiger partial charge is 0.478 e. The summed E-state index contributed by atoms with van der Waals surface area (Å²) in [4.78, 5) is 38.0. The number of aromatic nitrogens is 5. The van der Waals surface area contributed by atoms with Crippen LogP contribution in [0.1, 0.15) is 59.6 Å². The van der Waals surface area contributed by atoms with Gasteiger partial charge in [-0.25, -0.2) is 44.4 Å². The van der Waals surface area contributed by atoms with Gasteiger partial charge in [0.2, 0.25) is 11.8 Å². The van der Waals surface area contributed by atoms with Gasteiger partial charge in [-0.1, -0.05) is 11.6 Å². The number of rotatable bonds is 14. The van der Waals surface area contributed by atoms with Crippen LogP contribution >= 0.6 is 11.6 Å². The quantitative estimate of drug-likeness (QED) is 0.136. The van der Waals surface area contributed by atoms with Crippen LogP contribution in [-0.2, 0) is 43.5 Å². The van der Waals surface area contributed by atoms with Crippen molar-refractivity contribution in [3.63, 3.8) is 0 Å². The zero-order chi connectivity index (χ0) is 45.5. The number of amides is 1. The van der Waals surface area contributed by atoms with Gasteiger partial charge in [0.15, 0.2) is 5.65 Å². The van der Waals surface area contributed by atoms with Crippen molar-refractivity contribution in [1.29, 1.82) is 0 Å². The van der Waals surface area contributed by atoms with Gasteiger partial charge in [0.25, 0.3) is 27.9 Å². The number of hydrazine groups is 1. The fourth-order valence-electron chi connectivity index (χ4n) is 8.43. The normalized spacial score (nSPS) is 22.6. The molecule has 3 aliphatic carbocycles. The Bertz CT molecular complexity index is 2940. The molecule has 25 heteroatoms. The average molecular weight is 944 g/mol. The van der Waals surface area contributed by atoms with E-state index in [4.69, 9.17) is 16.3 Å². The fraction of sp³-hybridized carbons (Fsp3) is 0.421. The predicted octanol–water partition coefficient (Wildman–Crippen LogP) is 4.10. The molecule has 1 saturated heterocycles. The summed E-state index contributed by atoms with van der Waals surface area (Å²) in [7, 11) is -5.83. The maximum Gasteiger partial charge on any atom is 0.293 e. The Kier molecular flexibility index (Phi) is 11.3. The first-order chi connectivity index (χ1) is 29.5. The molecule has 2 unspecified atom stereocenters. The number of benzene rings is 1. The van der Waals surface area contributed by atoms with E-state index in [1.807, 2.05) is 0 Å². The first kappa shape index (κ1) is 44.3. The second kappa shape index (κ2) is 16.0. The van der Waals surface area contributed by atoms with E-state index in [0.717, 1.165) is 29.2 Å². The SMILES string of the molecule is CN1NC(=NS(C)(=O)=O)C2C(Cl)=CC=C(n3c([C@H](Cc4cc(F)cc(F)c4)NC(=O)Cn4nc(C(F)F)c5c4C(F)(F)[C@@H]4C[C@H]54)nc4nc(OCCCS(C)(=O)=O)ccc4c3=O)C21. The molecule has 0 radical (unpaired) electrons. The van der Waals surface area contributed by atoms with E-state index in [1.165, 1.54) is 36.3 Å². The molecule has 16 nitrogen and oxygen atoms in total. The van der Waals surface area contributed by atoms with Crippen molar-refractivity contribution in [1.82, 2.24) is 40.1 Å². The number of carbonyl (C=O) groups excluding carboxylic acids is 1. The Morgan fingerprint density at radius 3 is 2.48 bits per heavy atom. The van der Waals surface area contributed by atoms with Crippen LogP contribution in [0.3, 0.4) is 0 Å². The van der Waals surface area contributed by atoms with E-state index in [-0.39, 0.29) is 75.6 Å². The Morgan fingerprint density at radius 1 is 1.10 bits per heavy atom. The van der Waals surface area contributed by atoms with Crippen molar-refractivity contribution in [2.24, 2.45) is 16.2 Å². The lowest BCUT2D eigenvalue weighted by molar-refractivity contribution is -0.123. The molecule has 1 aliphatic heterocycles. The third-order valence-electron chi connectivity index (χ3n) is 11.0. The summed E-state index contributed by atoms with van der Waals surface area (Å²) in [6, 6.07) is 2.52. The number of hydrogen-bond acceptors (Lipinski definition) is 11. The molecule has 1 amide bonds. The van der Waals surface area contributed by atoms with Crippen LogP contribution in [0, 0.1) is 23.5 Å². The highest BCUT2D eigenvalue weighted by Crippen LogP contribution is 2.68. The Morgan fingerprint density at radius 2 is 1.81 bits per heavy atom. The highest BCUT2D eigenvalue weighted by molar-refractivity contribution is 7.90. The van der Waals surface area contributed by atoms with Crippen molar-refractivity contribution in [2.75, 3.05) is 31.9 Å². The van der Waals surface area contributed by atoms with E-state index in [0.29, 0.717) is 10.7 Å².